The summed E-state index contributed by atoms with van der Waals surface area (Å²) in [7, 11) is 1.49. The van der Waals surface area contributed by atoms with Crippen molar-refractivity contribution in [3.8, 4) is 0 Å². The number of rotatable bonds is 5. The number of H-pyrrole nitrogens is 1. The number of nitrogens with zero attached hydrogens (tertiary/aromatic N) is 1. The Bertz CT molecular complexity index is 553. The van der Waals surface area contributed by atoms with Crippen molar-refractivity contribution in [3.63, 3.8) is 0 Å². The lowest BCUT2D eigenvalue weighted by Crippen LogP contribution is -2.29. The third-order valence-corrected chi connectivity index (χ3v) is 2.69. The molecule has 1 aromatic carbocycles. The Morgan fingerprint density at radius 1 is 1.56 bits per heavy atom. The van der Waals surface area contributed by atoms with Crippen LogP contribution in [-0.2, 0) is 16.0 Å². The first-order valence-corrected chi connectivity index (χ1v) is 5.96. The molecule has 2 rings (SSSR count). The average molecular weight is 268 g/mol. The summed E-state index contributed by atoms with van der Waals surface area (Å²) in [6, 6.07) is 5.49. The third kappa shape index (κ3) is 3.21. The number of benzene rings is 1. The minimum atomic E-state index is -0.128. The maximum absolute atomic E-state index is 11.2. The lowest BCUT2D eigenvalue weighted by atomic mass is 10.3. The molecule has 1 aromatic heterocycles. The molecule has 0 atom stereocenters. The molecule has 0 bridgehead atoms. The van der Waals surface area contributed by atoms with Gasteiger partial charge in [0.15, 0.2) is 0 Å². The van der Waals surface area contributed by atoms with Gasteiger partial charge in [-0.25, -0.2) is 4.98 Å². The SMILES string of the molecule is COCC(=O)NCCc1nc2ccc(Cl)cc2[nH]1. The van der Waals surface area contributed by atoms with E-state index in [0.717, 1.165) is 16.9 Å². The molecule has 1 heterocycles. The van der Waals surface area contributed by atoms with E-state index in [1.165, 1.54) is 7.11 Å². The van der Waals surface area contributed by atoms with E-state index in [4.69, 9.17) is 16.3 Å². The fourth-order valence-corrected chi connectivity index (χ4v) is 1.83. The number of hydrogen-bond acceptors (Lipinski definition) is 3. The molecule has 2 aromatic rings. The van der Waals surface area contributed by atoms with Crippen LogP contribution >= 0.6 is 11.6 Å². The first kappa shape index (κ1) is 12.9. The second-order valence-electron chi connectivity index (χ2n) is 3.88. The van der Waals surface area contributed by atoms with Crippen LogP contribution in [0, 0.1) is 0 Å². The van der Waals surface area contributed by atoms with Crippen LogP contribution in [0.4, 0.5) is 0 Å². The number of imidazole rings is 1. The zero-order chi connectivity index (χ0) is 13.0. The highest BCUT2D eigenvalue weighted by atomic mass is 35.5. The van der Waals surface area contributed by atoms with Crippen LogP contribution in [0.3, 0.4) is 0 Å². The number of fused-ring (bicyclic) bond motifs is 1. The molecule has 2 N–H and O–H groups in total. The number of halogens is 1. The highest BCUT2D eigenvalue weighted by Crippen LogP contribution is 2.17. The number of carbonyl (C=O) groups excluding carboxylic acids is 1. The molecule has 0 spiro atoms. The highest BCUT2D eigenvalue weighted by Gasteiger charge is 2.04. The van der Waals surface area contributed by atoms with E-state index in [9.17, 15) is 4.79 Å². The Hall–Kier alpha value is -1.59. The molecule has 0 saturated heterocycles. The van der Waals surface area contributed by atoms with Crippen LogP contribution in [0.25, 0.3) is 11.0 Å². The van der Waals surface area contributed by atoms with Crippen LogP contribution in [0.5, 0.6) is 0 Å². The van der Waals surface area contributed by atoms with E-state index in [1.54, 1.807) is 6.07 Å². The molecule has 96 valence electrons. The summed E-state index contributed by atoms with van der Waals surface area (Å²) in [6.45, 7) is 0.603. The fourth-order valence-electron chi connectivity index (χ4n) is 1.66. The number of aromatic amines is 1. The number of carbonyl (C=O) groups is 1. The van der Waals surface area contributed by atoms with E-state index < -0.39 is 0 Å². The van der Waals surface area contributed by atoms with Crippen molar-refractivity contribution in [2.45, 2.75) is 6.42 Å². The van der Waals surface area contributed by atoms with Gasteiger partial charge in [0.25, 0.3) is 0 Å². The predicted octanol–water partition coefficient (Wildman–Crippen LogP) is 1.52. The van der Waals surface area contributed by atoms with Crippen molar-refractivity contribution in [2.75, 3.05) is 20.3 Å². The van der Waals surface area contributed by atoms with Crippen molar-refractivity contribution in [2.24, 2.45) is 0 Å². The topological polar surface area (TPSA) is 67.0 Å². The standard InChI is InChI=1S/C12H14ClN3O2/c1-18-7-12(17)14-5-4-11-15-9-3-2-8(13)6-10(9)16-11/h2-3,6H,4-5,7H2,1H3,(H,14,17)(H,15,16). The lowest BCUT2D eigenvalue weighted by molar-refractivity contribution is -0.124. The Morgan fingerprint density at radius 3 is 3.17 bits per heavy atom. The van der Waals surface area contributed by atoms with Gasteiger partial charge in [-0.05, 0) is 18.2 Å². The zero-order valence-electron chi connectivity index (χ0n) is 10.00. The van der Waals surface area contributed by atoms with Crippen LogP contribution < -0.4 is 5.32 Å². The highest BCUT2D eigenvalue weighted by molar-refractivity contribution is 6.31. The number of nitrogens with one attached hydrogen (secondary N) is 2. The van der Waals surface area contributed by atoms with Gasteiger partial charge in [0.2, 0.25) is 5.91 Å². The van der Waals surface area contributed by atoms with Crippen molar-refractivity contribution in [3.05, 3.63) is 29.0 Å². The molecule has 6 heteroatoms. The number of hydrogen-bond donors (Lipinski definition) is 2. The molecular formula is C12H14ClN3O2. The van der Waals surface area contributed by atoms with Crippen molar-refractivity contribution in [1.82, 2.24) is 15.3 Å². The lowest BCUT2D eigenvalue weighted by Gasteiger charge is -2.01. The molecular weight excluding hydrogens is 254 g/mol. The smallest absolute Gasteiger partial charge is 0.245 e. The normalized spacial score (nSPS) is 10.8. The van der Waals surface area contributed by atoms with Gasteiger partial charge >= 0.3 is 0 Å². The maximum atomic E-state index is 11.2. The summed E-state index contributed by atoms with van der Waals surface area (Å²) >= 11 is 5.89. The van der Waals surface area contributed by atoms with E-state index in [2.05, 4.69) is 15.3 Å². The van der Waals surface area contributed by atoms with Crippen LogP contribution in [0.15, 0.2) is 18.2 Å². The summed E-state index contributed by atoms with van der Waals surface area (Å²) < 4.78 is 4.72. The van der Waals surface area contributed by atoms with Gasteiger partial charge in [-0.15, -0.1) is 0 Å². The number of methoxy groups -OCH3 is 1. The number of aromatic nitrogens is 2. The van der Waals surface area contributed by atoms with E-state index in [0.29, 0.717) is 18.0 Å². The van der Waals surface area contributed by atoms with Gasteiger partial charge < -0.3 is 15.0 Å². The maximum Gasteiger partial charge on any atom is 0.245 e. The van der Waals surface area contributed by atoms with Crippen molar-refractivity contribution in [1.29, 1.82) is 0 Å². The molecule has 5 nitrogen and oxygen atoms in total. The number of ether oxygens (including phenoxy) is 1. The van der Waals surface area contributed by atoms with E-state index in [-0.39, 0.29) is 12.5 Å². The van der Waals surface area contributed by atoms with E-state index >= 15 is 0 Å². The molecule has 0 fully saturated rings. The quantitative estimate of drug-likeness (QED) is 0.863. The Labute approximate surface area is 109 Å². The first-order valence-electron chi connectivity index (χ1n) is 5.59. The summed E-state index contributed by atoms with van der Waals surface area (Å²) in [5.41, 5.74) is 1.78. The Kier molecular flexibility index (Phi) is 4.17. The van der Waals surface area contributed by atoms with Crippen LogP contribution in [-0.4, -0.2) is 36.1 Å². The Morgan fingerprint density at radius 2 is 2.39 bits per heavy atom. The second kappa shape index (κ2) is 5.84. The summed E-state index contributed by atoms with van der Waals surface area (Å²) in [5.74, 6) is 0.696. The number of amides is 1. The molecule has 1 amide bonds. The van der Waals surface area contributed by atoms with Gasteiger partial charge in [-0.1, -0.05) is 11.6 Å². The van der Waals surface area contributed by atoms with E-state index in [1.807, 2.05) is 12.1 Å². The molecule has 0 aliphatic carbocycles. The monoisotopic (exact) mass is 267 g/mol. The average Bonchev–Trinajstić information content (AvgIpc) is 2.71. The molecule has 18 heavy (non-hydrogen) atoms. The van der Waals surface area contributed by atoms with Crippen LogP contribution in [0.2, 0.25) is 5.02 Å². The minimum absolute atomic E-state index is 0.0791. The fraction of sp³-hybridized carbons (Fsp3) is 0.333. The summed E-state index contributed by atoms with van der Waals surface area (Å²) in [4.78, 5) is 18.7. The summed E-state index contributed by atoms with van der Waals surface area (Å²) in [5, 5.41) is 3.41. The minimum Gasteiger partial charge on any atom is -0.375 e. The van der Waals surface area contributed by atoms with Gasteiger partial charge in [0.05, 0.1) is 11.0 Å². The van der Waals surface area contributed by atoms with Gasteiger partial charge in [-0.3, -0.25) is 4.79 Å². The molecule has 0 saturated carbocycles. The van der Waals surface area contributed by atoms with Gasteiger partial charge in [0, 0.05) is 25.1 Å². The second-order valence-corrected chi connectivity index (χ2v) is 4.31. The zero-order valence-corrected chi connectivity index (χ0v) is 10.8. The van der Waals surface area contributed by atoms with Gasteiger partial charge in [-0.2, -0.15) is 0 Å². The van der Waals surface area contributed by atoms with Crippen molar-refractivity contribution < 1.29 is 9.53 Å². The largest absolute Gasteiger partial charge is 0.375 e. The van der Waals surface area contributed by atoms with Crippen molar-refractivity contribution >= 4 is 28.5 Å². The molecule has 0 unspecified atom stereocenters. The molecule has 0 aliphatic heterocycles. The van der Waals surface area contributed by atoms with Gasteiger partial charge in [0.1, 0.15) is 12.4 Å². The summed E-state index contributed by atoms with van der Waals surface area (Å²) in [6.07, 6.45) is 0.641. The molecule has 0 radical (unpaired) electrons. The van der Waals surface area contributed by atoms with Crippen LogP contribution in [0.1, 0.15) is 5.82 Å². The predicted molar refractivity (Wildman–Crippen MR) is 69.7 cm³/mol. The first-order chi connectivity index (χ1) is 8.69. The third-order valence-electron chi connectivity index (χ3n) is 2.45. The molecule has 0 aliphatic rings. The Balaban J connectivity index is 1.94.